The molecule has 0 aliphatic heterocycles. The average molecular weight is 885 g/mol. The first kappa shape index (κ1) is 40.6. The van der Waals surface area contributed by atoms with Crippen molar-refractivity contribution in [1.29, 1.82) is 0 Å². The van der Waals surface area contributed by atoms with E-state index in [0.29, 0.717) is 5.92 Å². The molecule has 13 rings (SSSR count). The largest absolute Gasteiger partial charge is 0.456 e. The van der Waals surface area contributed by atoms with Crippen molar-refractivity contribution in [3.8, 4) is 39.1 Å². The van der Waals surface area contributed by atoms with Gasteiger partial charge >= 0.3 is 0 Å². The van der Waals surface area contributed by atoms with Crippen molar-refractivity contribution >= 4 is 61.5 Å². The first-order valence-electron chi connectivity index (χ1n) is 24.2. The van der Waals surface area contributed by atoms with Crippen LogP contribution in [0.4, 0.5) is 17.1 Å². The van der Waals surface area contributed by atoms with Crippen molar-refractivity contribution in [2.24, 2.45) is 0 Å². The lowest BCUT2D eigenvalue weighted by Gasteiger charge is -2.28. The second-order valence-corrected chi connectivity index (χ2v) is 18.3. The first-order valence-corrected chi connectivity index (χ1v) is 24.2. The summed E-state index contributed by atoms with van der Waals surface area (Å²) in [5.41, 5.74) is 19.6. The summed E-state index contributed by atoms with van der Waals surface area (Å²) in [5, 5.41) is 4.91. The van der Waals surface area contributed by atoms with E-state index >= 15 is 0 Å². The number of hydrogen-bond acceptors (Lipinski definition) is 2. The molecule has 0 N–H and O–H groups in total. The van der Waals surface area contributed by atoms with Gasteiger partial charge in [-0.25, -0.2) is 0 Å². The number of nitrogens with zero attached hydrogens (tertiary/aromatic N) is 2. The maximum atomic E-state index is 6.53. The highest BCUT2D eigenvalue weighted by atomic mass is 16.3. The van der Waals surface area contributed by atoms with Gasteiger partial charge in [0.05, 0.1) is 22.4 Å². The molecule has 2 aromatic heterocycles. The van der Waals surface area contributed by atoms with Crippen molar-refractivity contribution in [2.45, 2.75) is 25.2 Å². The van der Waals surface area contributed by atoms with Crippen LogP contribution in [-0.4, -0.2) is 4.57 Å². The molecule has 0 bridgehead atoms. The van der Waals surface area contributed by atoms with E-state index in [4.69, 9.17) is 4.42 Å². The Bertz CT molecular complexity index is 3850. The third-order valence-electron chi connectivity index (χ3n) is 14.3. The fraction of sp³-hybridized carbons (Fsp3) is 0.0606. The summed E-state index contributed by atoms with van der Waals surface area (Å²) in [6, 6.07) is 79.8. The van der Waals surface area contributed by atoms with E-state index in [0.717, 1.165) is 64.1 Å². The summed E-state index contributed by atoms with van der Waals surface area (Å²) in [7, 11) is 0. The number of rotatable bonds is 9. The normalized spacial score (nSPS) is 14.3. The van der Waals surface area contributed by atoms with Gasteiger partial charge in [-0.1, -0.05) is 194 Å². The molecule has 328 valence electrons. The molecule has 0 radical (unpaired) electrons. The number of furan rings is 1. The van der Waals surface area contributed by atoms with Gasteiger partial charge < -0.3 is 13.9 Å². The highest BCUT2D eigenvalue weighted by Gasteiger charge is 2.21. The van der Waals surface area contributed by atoms with Gasteiger partial charge in [0.1, 0.15) is 11.0 Å². The monoisotopic (exact) mass is 884 g/mol. The minimum absolute atomic E-state index is 0.431. The van der Waals surface area contributed by atoms with Crippen LogP contribution in [0.3, 0.4) is 0 Å². The van der Waals surface area contributed by atoms with E-state index in [-0.39, 0.29) is 0 Å². The fourth-order valence-corrected chi connectivity index (χ4v) is 10.9. The maximum Gasteiger partial charge on any atom is 0.138 e. The Morgan fingerprint density at radius 3 is 1.70 bits per heavy atom. The van der Waals surface area contributed by atoms with Gasteiger partial charge in [0, 0.05) is 55.4 Å². The van der Waals surface area contributed by atoms with Crippen LogP contribution >= 0.6 is 0 Å². The Kier molecular flexibility index (Phi) is 10.1. The standard InChI is InChI=1S/C66H48N2O/c1-2-15-45(16-3-1)46-29-31-47(32-30-46)48-37-41-52(42-38-48)67(53-43-39-51(40-44-53)56-22-14-23-60-59-21-8-13-28-65(59)69-66(56)60)61-24-9-4-17-54(61)49-33-35-50(36-34-49)55-18-5-10-25-62(55)68-63-26-11-6-19-57(63)58-20-7-12-27-64(58)68/h1-13,15,17-21,23-45H,14,16,22H2. The van der Waals surface area contributed by atoms with E-state index in [1.54, 1.807) is 0 Å². The Morgan fingerprint density at radius 1 is 0.464 bits per heavy atom. The van der Waals surface area contributed by atoms with E-state index in [9.17, 15) is 0 Å². The topological polar surface area (TPSA) is 21.3 Å². The molecular formula is C66H48N2O. The third kappa shape index (κ3) is 7.22. The van der Waals surface area contributed by atoms with Gasteiger partial charge in [-0.3, -0.25) is 0 Å². The fourth-order valence-electron chi connectivity index (χ4n) is 10.9. The summed E-state index contributed by atoms with van der Waals surface area (Å²) < 4.78 is 8.95. The quantitative estimate of drug-likeness (QED) is 0.144. The Balaban J connectivity index is 0.891. The maximum absolute atomic E-state index is 6.53. The average Bonchev–Trinajstić information content (AvgIpc) is 3.98. The zero-order valence-corrected chi connectivity index (χ0v) is 38.2. The van der Waals surface area contributed by atoms with Gasteiger partial charge in [-0.05, 0) is 107 Å². The summed E-state index contributed by atoms with van der Waals surface area (Å²) in [6.07, 6.45) is 14.2. The van der Waals surface area contributed by atoms with Gasteiger partial charge in [-0.2, -0.15) is 0 Å². The van der Waals surface area contributed by atoms with E-state index < -0.39 is 0 Å². The molecule has 0 fully saturated rings. The zero-order valence-electron chi connectivity index (χ0n) is 38.2. The van der Waals surface area contributed by atoms with Crippen LogP contribution in [0.15, 0.2) is 247 Å². The molecular weight excluding hydrogens is 837 g/mol. The molecule has 2 aliphatic rings. The number of allylic oxidation sites excluding steroid dienone is 4. The van der Waals surface area contributed by atoms with Crippen LogP contribution in [0.5, 0.6) is 0 Å². The molecule has 11 aromatic rings. The lowest BCUT2D eigenvalue weighted by molar-refractivity contribution is 0.568. The highest BCUT2D eigenvalue weighted by molar-refractivity contribution is 6.09. The van der Waals surface area contributed by atoms with Crippen LogP contribution in [0, 0.1) is 0 Å². The van der Waals surface area contributed by atoms with Crippen molar-refractivity contribution in [3.63, 3.8) is 0 Å². The van der Waals surface area contributed by atoms with E-state index in [1.807, 2.05) is 0 Å². The van der Waals surface area contributed by atoms with Crippen LogP contribution in [0.2, 0.25) is 0 Å². The molecule has 0 saturated heterocycles. The Labute approximate surface area is 402 Å². The van der Waals surface area contributed by atoms with Crippen molar-refractivity contribution in [3.05, 3.63) is 264 Å². The number of hydrogen-bond donors (Lipinski definition) is 0. The summed E-state index contributed by atoms with van der Waals surface area (Å²) in [6.45, 7) is 0. The first-order chi connectivity index (χ1) is 34.2. The van der Waals surface area contributed by atoms with Gasteiger partial charge in [0.2, 0.25) is 0 Å². The molecule has 0 amide bonds. The second kappa shape index (κ2) is 17.2. The third-order valence-corrected chi connectivity index (χ3v) is 14.3. The van der Waals surface area contributed by atoms with Gasteiger partial charge in [0.15, 0.2) is 0 Å². The number of para-hydroxylation sites is 5. The molecule has 1 atom stereocenters. The smallest absolute Gasteiger partial charge is 0.138 e. The molecule has 3 nitrogen and oxygen atoms in total. The minimum Gasteiger partial charge on any atom is -0.456 e. The minimum atomic E-state index is 0.431. The molecule has 0 spiro atoms. The predicted molar refractivity (Wildman–Crippen MR) is 289 cm³/mol. The molecule has 2 aliphatic carbocycles. The number of benzene rings is 9. The predicted octanol–water partition coefficient (Wildman–Crippen LogP) is 16.4. The molecule has 3 heteroatoms. The van der Waals surface area contributed by atoms with Gasteiger partial charge in [0.25, 0.3) is 0 Å². The SMILES string of the molecule is C1=CCC(c2ccc(-c3ccc(N(c4ccc(C5=c6oc7ccccc7c6=CCC5)cc4)c4ccccc4-c4ccc(-c5ccccc5-n5c6ccccc6c6ccccc65)cc4)cc3)cc2)C=C1. The van der Waals surface area contributed by atoms with Crippen molar-refractivity contribution in [1.82, 2.24) is 4.57 Å². The van der Waals surface area contributed by atoms with Crippen LogP contribution in [0.25, 0.3) is 83.5 Å². The van der Waals surface area contributed by atoms with Crippen molar-refractivity contribution in [2.75, 3.05) is 4.90 Å². The number of aromatic nitrogens is 1. The van der Waals surface area contributed by atoms with E-state index in [1.165, 1.54) is 71.4 Å². The Morgan fingerprint density at radius 2 is 1.01 bits per heavy atom. The molecule has 0 saturated carbocycles. The summed E-state index contributed by atoms with van der Waals surface area (Å²) >= 11 is 0. The lowest BCUT2D eigenvalue weighted by atomic mass is 9.91. The van der Waals surface area contributed by atoms with Crippen molar-refractivity contribution < 1.29 is 4.42 Å². The molecule has 2 heterocycles. The lowest BCUT2D eigenvalue weighted by Crippen LogP contribution is -2.26. The van der Waals surface area contributed by atoms with Crippen LogP contribution in [-0.2, 0) is 0 Å². The number of anilines is 3. The molecule has 9 aromatic carbocycles. The molecule has 1 unspecified atom stereocenters. The van der Waals surface area contributed by atoms with Crippen LogP contribution in [0.1, 0.15) is 36.3 Å². The van der Waals surface area contributed by atoms with Crippen LogP contribution < -0.4 is 15.5 Å². The number of fused-ring (bicyclic) bond motifs is 6. The van der Waals surface area contributed by atoms with Gasteiger partial charge in [-0.15, -0.1) is 0 Å². The van der Waals surface area contributed by atoms with E-state index in [2.05, 4.69) is 258 Å². The summed E-state index contributed by atoms with van der Waals surface area (Å²) in [5.74, 6) is 0.431. The summed E-state index contributed by atoms with van der Waals surface area (Å²) in [4.78, 5) is 2.41. The highest BCUT2D eigenvalue weighted by Crippen LogP contribution is 2.43. The second-order valence-electron chi connectivity index (χ2n) is 18.3. The zero-order chi connectivity index (χ0) is 45.7. The Hall–Kier alpha value is -8.66. The molecule has 69 heavy (non-hydrogen) atoms.